The molecule has 1 aromatic heterocycles. The van der Waals surface area contributed by atoms with Crippen LogP contribution in [0.15, 0.2) is 53.8 Å². The van der Waals surface area contributed by atoms with Gasteiger partial charge in [0.1, 0.15) is 0 Å². The van der Waals surface area contributed by atoms with E-state index >= 15 is 0 Å². The molecule has 3 rings (SSSR count). The minimum atomic E-state index is 0. The topological polar surface area (TPSA) is 65.9 Å². The number of guanidine groups is 1. The number of nitrogens with zero attached hydrogens (tertiary/aromatic N) is 5. The first kappa shape index (κ1) is 24.3. The van der Waals surface area contributed by atoms with Crippen LogP contribution in [-0.2, 0) is 11.2 Å². The molecule has 7 nitrogen and oxygen atoms in total. The van der Waals surface area contributed by atoms with E-state index in [-0.39, 0.29) is 24.0 Å². The van der Waals surface area contributed by atoms with Crippen molar-refractivity contribution in [3.05, 3.63) is 54.4 Å². The maximum absolute atomic E-state index is 5.76. The second-order valence-corrected chi connectivity index (χ2v) is 6.96. The maximum atomic E-state index is 5.76. The summed E-state index contributed by atoms with van der Waals surface area (Å²) in [5, 5.41) is 3.42. The molecule has 0 amide bonds. The fourth-order valence-corrected chi connectivity index (χ4v) is 3.29. The number of aliphatic imine (C=N–C) groups is 1. The molecule has 1 aromatic carbocycles. The Balaban J connectivity index is 0.00000320. The second kappa shape index (κ2) is 14.1. The molecule has 0 atom stereocenters. The number of piperazine rings is 1. The van der Waals surface area contributed by atoms with E-state index in [0.717, 1.165) is 77.2 Å². The van der Waals surface area contributed by atoms with Crippen molar-refractivity contribution in [2.75, 3.05) is 57.4 Å². The van der Waals surface area contributed by atoms with Crippen LogP contribution >= 0.6 is 24.0 Å². The fourth-order valence-electron chi connectivity index (χ4n) is 3.29. The molecule has 1 aliphatic heterocycles. The van der Waals surface area contributed by atoms with Crippen molar-refractivity contribution < 1.29 is 4.74 Å². The monoisotopic (exact) mass is 524 g/mol. The lowest BCUT2D eigenvalue weighted by atomic mass is 10.2. The number of nitrogens with one attached hydrogen (secondary N) is 1. The van der Waals surface area contributed by atoms with Crippen molar-refractivity contribution in [1.29, 1.82) is 0 Å². The number of aromatic nitrogens is 2. The Morgan fingerprint density at radius 1 is 1.03 bits per heavy atom. The largest absolute Gasteiger partial charge is 0.381 e. The van der Waals surface area contributed by atoms with Gasteiger partial charge in [-0.05, 0) is 31.4 Å². The molecule has 1 aliphatic rings. The molecule has 0 radical (unpaired) electrons. The highest BCUT2D eigenvalue weighted by Gasteiger charge is 2.20. The maximum Gasteiger partial charge on any atom is 0.225 e. The van der Waals surface area contributed by atoms with Crippen LogP contribution in [0.1, 0.15) is 18.9 Å². The summed E-state index contributed by atoms with van der Waals surface area (Å²) in [6, 6.07) is 12.3. The van der Waals surface area contributed by atoms with Crippen LogP contribution in [0.4, 0.5) is 5.95 Å². The molecular weight excluding hydrogens is 491 g/mol. The van der Waals surface area contributed by atoms with Crippen molar-refractivity contribution in [2.24, 2.45) is 4.99 Å². The smallest absolute Gasteiger partial charge is 0.225 e. The Morgan fingerprint density at radius 3 is 2.47 bits per heavy atom. The summed E-state index contributed by atoms with van der Waals surface area (Å²) in [6.45, 7) is 8.88. The highest BCUT2D eigenvalue weighted by molar-refractivity contribution is 14.0. The molecular formula is C22H33IN6O. The predicted octanol–water partition coefficient (Wildman–Crippen LogP) is 2.83. The Labute approximate surface area is 197 Å². The number of benzene rings is 1. The molecule has 2 aromatic rings. The second-order valence-electron chi connectivity index (χ2n) is 6.96. The van der Waals surface area contributed by atoms with E-state index < -0.39 is 0 Å². The van der Waals surface area contributed by atoms with Gasteiger partial charge < -0.3 is 19.9 Å². The Bertz CT molecular complexity index is 723. The van der Waals surface area contributed by atoms with Gasteiger partial charge in [0.15, 0.2) is 5.96 Å². The number of rotatable bonds is 9. The van der Waals surface area contributed by atoms with Gasteiger partial charge >= 0.3 is 0 Å². The minimum absolute atomic E-state index is 0. The summed E-state index contributed by atoms with van der Waals surface area (Å²) in [5.41, 5.74) is 1.32. The van der Waals surface area contributed by atoms with Gasteiger partial charge in [-0.3, -0.25) is 4.99 Å². The molecule has 0 aliphatic carbocycles. The van der Waals surface area contributed by atoms with E-state index in [4.69, 9.17) is 9.73 Å². The average molecular weight is 524 g/mol. The lowest BCUT2D eigenvalue weighted by Gasteiger charge is -2.36. The molecule has 1 saturated heterocycles. The quantitative estimate of drug-likeness (QED) is 0.236. The van der Waals surface area contributed by atoms with Crippen LogP contribution < -0.4 is 10.2 Å². The Hall–Kier alpha value is -1.94. The lowest BCUT2D eigenvalue weighted by Crippen LogP contribution is -2.53. The van der Waals surface area contributed by atoms with Crippen LogP contribution in [0.2, 0.25) is 0 Å². The lowest BCUT2D eigenvalue weighted by molar-refractivity contribution is 0.136. The first-order valence-electron chi connectivity index (χ1n) is 10.5. The summed E-state index contributed by atoms with van der Waals surface area (Å²) >= 11 is 0. The van der Waals surface area contributed by atoms with Gasteiger partial charge in [0.2, 0.25) is 5.95 Å². The van der Waals surface area contributed by atoms with Crippen molar-refractivity contribution >= 4 is 35.9 Å². The van der Waals surface area contributed by atoms with E-state index in [1.165, 1.54) is 5.56 Å². The zero-order valence-corrected chi connectivity index (χ0v) is 20.1. The van der Waals surface area contributed by atoms with Crippen LogP contribution in [0.25, 0.3) is 0 Å². The summed E-state index contributed by atoms with van der Waals surface area (Å²) in [5.74, 6) is 1.80. The predicted molar refractivity (Wildman–Crippen MR) is 133 cm³/mol. The zero-order chi connectivity index (χ0) is 20.2. The summed E-state index contributed by atoms with van der Waals surface area (Å²) in [7, 11) is 0. The normalized spacial score (nSPS) is 14.4. The minimum Gasteiger partial charge on any atom is -0.381 e. The van der Waals surface area contributed by atoms with Crippen LogP contribution in [0, 0.1) is 0 Å². The molecule has 30 heavy (non-hydrogen) atoms. The van der Waals surface area contributed by atoms with Crippen LogP contribution in [0.5, 0.6) is 0 Å². The van der Waals surface area contributed by atoms with Gasteiger partial charge in [0.25, 0.3) is 0 Å². The SMILES string of the molecule is CCNC(=NCCCOCCc1ccccc1)N1CCN(c2ncccn2)CC1.I. The van der Waals surface area contributed by atoms with E-state index in [0.29, 0.717) is 0 Å². The number of halogens is 1. The first-order valence-corrected chi connectivity index (χ1v) is 10.5. The van der Waals surface area contributed by atoms with Crippen molar-refractivity contribution in [3.63, 3.8) is 0 Å². The number of anilines is 1. The molecule has 1 N–H and O–H groups in total. The Morgan fingerprint density at radius 2 is 1.77 bits per heavy atom. The van der Waals surface area contributed by atoms with E-state index in [9.17, 15) is 0 Å². The van der Waals surface area contributed by atoms with Gasteiger partial charge in [0, 0.05) is 58.3 Å². The number of ether oxygens (including phenoxy) is 1. The van der Waals surface area contributed by atoms with E-state index in [2.05, 4.69) is 56.3 Å². The van der Waals surface area contributed by atoms with E-state index in [1.807, 2.05) is 12.1 Å². The van der Waals surface area contributed by atoms with Gasteiger partial charge in [-0.15, -0.1) is 24.0 Å². The van der Waals surface area contributed by atoms with Crippen molar-refractivity contribution in [3.8, 4) is 0 Å². The van der Waals surface area contributed by atoms with Crippen molar-refractivity contribution in [1.82, 2.24) is 20.2 Å². The van der Waals surface area contributed by atoms with Gasteiger partial charge in [0.05, 0.1) is 6.61 Å². The highest BCUT2D eigenvalue weighted by atomic mass is 127. The Kier molecular flexibility index (Phi) is 11.5. The third kappa shape index (κ3) is 8.06. The molecule has 0 bridgehead atoms. The van der Waals surface area contributed by atoms with Gasteiger partial charge in [-0.2, -0.15) is 0 Å². The standard InChI is InChI=1S/C22H32N6O.HI/c1-2-23-21(26-13-7-18-29-19-10-20-8-4-3-5-9-20)27-14-16-28(17-15-27)22-24-11-6-12-25-22;/h3-6,8-9,11-12H,2,7,10,13-19H2,1H3,(H,23,26);1H. The molecule has 0 spiro atoms. The molecule has 2 heterocycles. The molecule has 8 heteroatoms. The highest BCUT2D eigenvalue weighted by Crippen LogP contribution is 2.10. The van der Waals surface area contributed by atoms with Crippen LogP contribution in [0.3, 0.4) is 0 Å². The number of hydrogen-bond acceptors (Lipinski definition) is 5. The molecule has 0 saturated carbocycles. The summed E-state index contributed by atoms with van der Waals surface area (Å²) < 4.78 is 5.76. The molecule has 0 unspecified atom stereocenters. The number of hydrogen-bond donors (Lipinski definition) is 1. The molecule has 164 valence electrons. The fraction of sp³-hybridized carbons (Fsp3) is 0.500. The zero-order valence-electron chi connectivity index (χ0n) is 17.7. The van der Waals surface area contributed by atoms with E-state index in [1.54, 1.807) is 12.4 Å². The van der Waals surface area contributed by atoms with Crippen molar-refractivity contribution in [2.45, 2.75) is 19.8 Å². The van der Waals surface area contributed by atoms with Crippen LogP contribution in [-0.4, -0.2) is 73.3 Å². The van der Waals surface area contributed by atoms with Gasteiger partial charge in [-0.25, -0.2) is 9.97 Å². The van der Waals surface area contributed by atoms with Gasteiger partial charge in [-0.1, -0.05) is 30.3 Å². The molecule has 1 fully saturated rings. The third-order valence-corrected chi connectivity index (χ3v) is 4.84. The summed E-state index contributed by atoms with van der Waals surface area (Å²) in [6.07, 6.45) is 5.48. The average Bonchev–Trinajstić information content (AvgIpc) is 2.79. The summed E-state index contributed by atoms with van der Waals surface area (Å²) in [4.78, 5) is 18.0. The third-order valence-electron chi connectivity index (χ3n) is 4.84. The first-order chi connectivity index (χ1) is 14.4.